The molecule has 0 aliphatic rings. The Labute approximate surface area is 120 Å². The van der Waals surface area contributed by atoms with Gasteiger partial charge in [0.1, 0.15) is 18.2 Å². The maximum Gasteiger partial charge on any atom is 0.155 e. The third-order valence-corrected chi connectivity index (χ3v) is 5.10. The Bertz CT molecular complexity index is 529. The third kappa shape index (κ3) is 5.09. The van der Waals surface area contributed by atoms with Gasteiger partial charge in [-0.25, -0.2) is 12.8 Å². The van der Waals surface area contributed by atoms with Crippen molar-refractivity contribution in [3.05, 3.63) is 29.6 Å². The molecule has 1 aromatic rings. The molecule has 4 nitrogen and oxygen atoms in total. The molecular weight excluding hydrogens is 281 g/mol. The normalized spacial score (nSPS) is 11.8. The Hall–Kier alpha value is -1.14. The Balaban J connectivity index is 2.68. The van der Waals surface area contributed by atoms with Crippen molar-refractivity contribution in [2.24, 2.45) is 0 Å². The van der Waals surface area contributed by atoms with Crippen molar-refractivity contribution >= 4 is 9.84 Å². The van der Waals surface area contributed by atoms with Gasteiger partial charge in [0.2, 0.25) is 0 Å². The van der Waals surface area contributed by atoms with Crippen molar-refractivity contribution in [3.63, 3.8) is 0 Å². The van der Waals surface area contributed by atoms with Crippen molar-refractivity contribution in [2.45, 2.75) is 32.6 Å². The maximum atomic E-state index is 13.2. The molecule has 0 spiro atoms. The van der Waals surface area contributed by atoms with E-state index >= 15 is 0 Å². The fraction of sp³-hybridized carbons (Fsp3) is 0.571. The highest BCUT2D eigenvalue weighted by Crippen LogP contribution is 2.20. The van der Waals surface area contributed by atoms with E-state index in [-0.39, 0.29) is 18.2 Å². The van der Waals surface area contributed by atoms with Crippen LogP contribution >= 0.6 is 0 Å². The second kappa shape index (κ2) is 7.59. The highest BCUT2D eigenvalue weighted by Gasteiger charge is 2.16. The van der Waals surface area contributed by atoms with Crippen molar-refractivity contribution in [1.82, 2.24) is 5.32 Å². The largest absolute Gasteiger partial charge is 0.492 e. The van der Waals surface area contributed by atoms with Crippen LogP contribution in [0.25, 0.3) is 0 Å². The summed E-state index contributed by atoms with van der Waals surface area (Å²) >= 11 is 0. The summed E-state index contributed by atoms with van der Waals surface area (Å²) < 4.78 is 42.1. The summed E-state index contributed by atoms with van der Waals surface area (Å²) in [5.74, 6) is 0.147. The zero-order valence-electron chi connectivity index (χ0n) is 12.1. The first kappa shape index (κ1) is 16.9. The summed E-state index contributed by atoms with van der Waals surface area (Å²) in [7, 11) is -3.12. The van der Waals surface area contributed by atoms with E-state index in [1.54, 1.807) is 13.8 Å². The van der Waals surface area contributed by atoms with Gasteiger partial charge in [0.15, 0.2) is 9.84 Å². The van der Waals surface area contributed by atoms with Crippen LogP contribution in [0.3, 0.4) is 0 Å². The quantitative estimate of drug-likeness (QED) is 0.799. The summed E-state index contributed by atoms with van der Waals surface area (Å²) in [6.45, 7) is 6.56. The number of sulfone groups is 1. The van der Waals surface area contributed by atoms with Gasteiger partial charge < -0.3 is 10.1 Å². The molecule has 20 heavy (non-hydrogen) atoms. The number of ether oxygens (including phenoxy) is 1. The average molecular weight is 303 g/mol. The highest BCUT2D eigenvalue weighted by atomic mass is 32.2. The smallest absolute Gasteiger partial charge is 0.155 e. The van der Waals surface area contributed by atoms with Crippen LogP contribution in [-0.2, 0) is 16.4 Å². The molecule has 0 unspecified atom stereocenters. The third-order valence-electron chi connectivity index (χ3n) is 2.93. The van der Waals surface area contributed by atoms with Crippen molar-refractivity contribution in [1.29, 1.82) is 0 Å². The van der Waals surface area contributed by atoms with Crippen LogP contribution in [0.4, 0.5) is 4.39 Å². The van der Waals surface area contributed by atoms with Crippen LogP contribution in [-0.4, -0.2) is 32.6 Å². The van der Waals surface area contributed by atoms with Crippen LogP contribution in [0.5, 0.6) is 5.75 Å². The second-order valence-electron chi connectivity index (χ2n) is 4.80. The summed E-state index contributed by atoms with van der Waals surface area (Å²) in [4.78, 5) is 0. The zero-order valence-corrected chi connectivity index (χ0v) is 13.0. The molecule has 0 bridgehead atoms. The number of halogens is 1. The molecule has 0 saturated carbocycles. The molecule has 0 heterocycles. The molecule has 0 aromatic heterocycles. The lowest BCUT2D eigenvalue weighted by molar-refractivity contribution is 0.335. The van der Waals surface area contributed by atoms with E-state index in [1.165, 1.54) is 18.2 Å². The van der Waals surface area contributed by atoms with E-state index in [2.05, 4.69) is 5.32 Å². The molecule has 0 radical (unpaired) electrons. The van der Waals surface area contributed by atoms with Crippen molar-refractivity contribution < 1.29 is 17.5 Å². The lowest BCUT2D eigenvalue weighted by Gasteiger charge is -2.13. The molecular formula is C14H22FNO3S. The van der Waals surface area contributed by atoms with Crippen LogP contribution in [0.1, 0.15) is 26.3 Å². The maximum absolute atomic E-state index is 13.2. The van der Waals surface area contributed by atoms with E-state index in [9.17, 15) is 12.8 Å². The van der Waals surface area contributed by atoms with E-state index in [0.29, 0.717) is 17.9 Å². The molecule has 6 heteroatoms. The molecule has 0 aliphatic heterocycles. The monoisotopic (exact) mass is 303 g/mol. The molecule has 1 rings (SSSR count). The Morgan fingerprint density at radius 3 is 2.65 bits per heavy atom. The first-order valence-corrected chi connectivity index (χ1v) is 8.42. The first-order chi connectivity index (χ1) is 9.36. The van der Waals surface area contributed by atoms with Gasteiger partial charge in [-0.1, -0.05) is 6.92 Å². The van der Waals surface area contributed by atoms with Crippen molar-refractivity contribution in [3.8, 4) is 5.75 Å². The minimum Gasteiger partial charge on any atom is -0.492 e. The van der Waals surface area contributed by atoms with Crippen LogP contribution in [0, 0.1) is 5.82 Å². The van der Waals surface area contributed by atoms with Gasteiger partial charge in [-0.15, -0.1) is 0 Å². The average Bonchev–Trinajstić information content (AvgIpc) is 2.38. The van der Waals surface area contributed by atoms with E-state index in [0.717, 1.165) is 6.54 Å². The number of hydrogen-bond donors (Lipinski definition) is 1. The standard InChI is InChI=1S/C14H22FNO3S/c1-4-16-10-12-9-13(15)5-6-14(12)19-7-8-20(17,18)11(2)3/h5-6,9,11,16H,4,7-8,10H2,1-3H3. The first-order valence-electron chi connectivity index (χ1n) is 6.70. The van der Waals surface area contributed by atoms with Gasteiger partial charge in [-0.3, -0.25) is 0 Å². The molecule has 0 atom stereocenters. The second-order valence-corrected chi connectivity index (χ2v) is 7.47. The van der Waals surface area contributed by atoms with Crippen LogP contribution in [0.2, 0.25) is 0 Å². The molecule has 1 N–H and O–H groups in total. The Morgan fingerprint density at radius 1 is 1.35 bits per heavy atom. The SMILES string of the molecule is CCNCc1cc(F)ccc1OCCS(=O)(=O)C(C)C. The fourth-order valence-electron chi connectivity index (χ4n) is 1.59. The summed E-state index contributed by atoms with van der Waals surface area (Å²) in [5.41, 5.74) is 0.689. The molecule has 0 saturated heterocycles. The van der Waals surface area contributed by atoms with Gasteiger partial charge >= 0.3 is 0 Å². The number of nitrogens with one attached hydrogen (secondary N) is 1. The zero-order chi connectivity index (χ0) is 15.2. The van der Waals surface area contributed by atoms with Gasteiger partial charge in [0.05, 0.1) is 11.0 Å². The highest BCUT2D eigenvalue weighted by molar-refractivity contribution is 7.91. The number of rotatable bonds is 8. The molecule has 0 fully saturated rings. The summed E-state index contributed by atoms with van der Waals surface area (Å²) in [6.07, 6.45) is 0. The lowest BCUT2D eigenvalue weighted by atomic mass is 10.2. The summed E-state index contributed by atoms with van der Waals surface area (Å²) in [6, 6.07) is 4.24. The molecule has 1 aromatic carbocycles. The lowest BCUT2D eigenvalue weighted by Crippen LogP contribution is -2.22. The van der Waals surface area contributed by atoms with Gasteiger partial charge in [-0.2, -0.15) is 0 Å². The molecule has 0 aliphatic carbocycles. The van der Waals surface area contributed by atoms with E-state index in [4.69, 9.17) is 4.74 Å². The van der Waals surface area contributed by atoms with Crippen LogP contribution in [0.15, 0.2) is 18.2 Å². The number of benzene rings is 1. The summed E-state index contributed by atoms with van der Waals surface area (Å²) in [5, 5.41) is 2.68. The molecule has 114 valence electrons. The van der Waals surface area contributed by atoms with Gasteiger partial charge in [0.25, 0.3) is 0 Å². The Morgan fingerprint density at radius 2 is 2.05 bits per heavy atom. The Kier molecular flexibility index (Phi) is 6.42. The van der Waals surface area contributed by atoms with Crippen LogP contribution < -0.4 is 10.1 Å². The van der Waals surface area contributed by atoms with E-state index < -0.39 is 15.1 Å². The molecule has 0 amide bonds. The van der Waals surface area contributed by atoms with E-state index in [1.807, 2.05) is 6.92 Å². The minimum atomic E-state index is -3.12. The predicted octanol–water partition coefficient (Wildman–Crippen LogP) is 2.14. The van der Waals surface area contributed by atoms with Gasteiger partial charge in [0, 0.05) is 12.1 Å². The number of hydrogen-bond acceptors (Lipinski definition) is 4. The topological polar surface area (TPSA) is 55.4 Å². The van der Waals surface area contributed by atoms with Crippen molar-refractivity contribution in [2.75, 3.05) is 18.9 Å². The fourth-order valence-corrected chi connectivity index (χ4v) is 2.38. The minimum absolute atomic E-state index is 0.0390. The van der Waals surface area contributed by atoms with Gasteiger partial charge in [-0.05, 0) is 38.6 Å². The predicted molar refractivity (Wildman–Crippen MR) is 78.2 cm³/mol.